The molecule has 1 aromatic heterocycles. The van der Waals surface area contributed by atoms with Crippen LogP contribution >= 0.6 is 0 Å². The predicted molar refractivity (Wildman–Crippen MR) is 128 cm³/mol. The Hall–Kier alpha value is -4.06. The summed E-state index contributed by atoms with van der Waals surface area (Å²) in [5.74, 6) is 0.583. The first-order chi connectivity index (χ1) is 15.3. The first kappa shape index (κ1) is 21.2. The second kappa shape index (κ2) is 8.59. The lowest BCUT2D eigenvalue weighted by Crippen LogP contribution is -2.10. The molecule has 160 valence electrons. The van der Waals surface area contributed by atoms with Crippen LogP contribution in [0.15, 0.2) is 82.2 Å². The summed E-state index contributed by atoms with van der Waals surface area (Å²) in [5.41, 5.74) is 5.52. The Bertz CT molecular complexity index is 1310. The van der Waals surface area contributed by atoms with Crippen LogP contribution in [-0.4, -0.2) is 16.1 Å². The Morgan fingerprint density at radius 3 is 2.38 bits per heavy atom. The molecule has 0 radical (unpaired) electrons. The average Bonchev–Trinajstić information content (AvgIpc) is 3.20. The number of fused-ring (bicyclic) bond motifs is 1. The minimum atomic E-state index is -0.414. The van der Waals surface area contributed by atoms with Gasteiger partial charge in [0, 0.05) is 23.9 Å². The van der Waals surface area contributed by atoms with Gasteiger partial charge in [-0.15, -0.1) is 0 Å². The molecular weight excluding hydrogens is 402 g/mol. The molecule has 0 saturated heterocycles. The van der Waals surface area contributed by atoms with Crippen molar-refractivity contribution < 1.29 is 9.34 Å². The molecule has 0 aliphatic heterocycles. The molecule has 4 rings (SSSR count). The van der Waals surface area contributed by atoms with E-state index in [4.69, 9.17) is 4.42 Å². The van der Waals surface area contributed by atoms with Gasteiger partial charge in [-0.25, -0.2) is 4.98 Å². The first-order valence-corrected chi connectivity index (χ1v) is 10.3. The number of hydrogen-bond donors (Lipinski definition) is 0. The summed E-state index contributed by atoms with van der Waals surface area (Å²) < 4.78 is 5.93. The van der Waals surface area contributed by atoms with Crippen LogP contribution in [0.5, 0.6) is 0 Å². The molecule has 6 nitrogen and oxygen atoms in total. The van der Waals surface area contributed by atoms with Crippen LogP contribution in [0.3, 0.4) is 0 Å². The average molecular weight is 425 g/mol. The molecule has 1 heterocycles. The fourth-order valence-electron chi connectivity index (χ4n) is 3.20. The third kappa shape index (κ3) is 4.81. The van der Waals surface area contributed by atoms with Crippen molar-refractivity contribution in [3.63, 3.8) is 0 Å². The highest BCUT2D eigenvalue weighted by molar-refractivity contribution is 5.81. The number of benzene rings is 3. The van der Waals surface area contributed by atoms with E-state index in [9.17, 15) is 10.1 Å². The van der Waals surface area contributed by atoms with Crippen molar-refractivity contribution in [3.05, 3.63) is 94.0 Å². The quantitative estimate of drug-likeness (QED) is 0.194. The molecule has 0 aliphatic carbocycles. The van der Waals surface area contributed by atoms with Gasteiger partial charge in [-0.05, 0) is 71.1 Å². The van der Waals surface area contributed by atoms with Gasteiger partial charge >= 0.3 is 0 Å². The zero-order valence-electron chi connectivity index (χ0n) is 18.1. The Morgan fingerprint density at radius 2 is 1.72 bits per heavy atom. The SMILES string of the molecule is CC(C)(C)c1ccc2oc(-c3ccc(N=CC=Cc4ccc([N+](=O)[O-])cc4)cc3)nc2c1. The molecule has 0 saturated carbocycles. The summed E-state index contributed by atoms with van der Waals surface area (Å²) in [4.78, 5) is 19.3. The Kier molecular flexibility index (Phi) is 5.69. The van der Waals surface area contributed by atoms with Gasteiger partial charge in [0.2, 0.25) is 5.89 Å². The second-order valence-corrected chi connectivity index (χ2v) is 8.48. The maximum Gasteiger partial charge on any atom is 0.269 e. The van der Waals surface area contributed by atoms with Crippen molar-refractivity contribution in [1.82, 2.24) is 4.98 Å². The van der Waals surface area contributed by atoms with Crippen molar-refractivity contribution in [2.45, 2.75) is 26.2 Å². The third-order valence-electron chi connectivity index (χ3n) is 5.07. The number of nitrogens with zero attached hydrogens (tertiary/aromatic N) is 3. The number of aliphatic imine (C=N–C) groups is 1. The summed E-state index contributed by atoms with van der Waals surface area (Å²) >= 11 is 0. The van der Waals surface area contributed by atoms with Gasteiger partial charge < -0.3 is 4.42 Å². The predicted octanol–water partition coefficient (Wildman–Crippen LogP) is 7.12. The van der Waals surface area contributed by atoms with Crippen LogP contribution in [0.1, 0.15) is 31.9 Å². The molecule has 32 heavy (non-hydrogen) atoms. The van der Waals surface area contributed by atoms with Gasteiger partial charge in [0.05, 0.1) is 10.6 Å². The van der Waals surface area contributed by atoms with Crippen molar-refractivity contribution in [1.29, 1.82) is 0 Å². The lowest BCUT2D eigenvalue weighted by Gasteiger charge is -2.18. The van der Waals surface area contributed by atoms with E-state index in [0.29, 0.717) is 5.89 Å². The topological polar surface area (TPSA) is 81.5 Å². The highest BCUT2D eigenvalue weighted by atomic mass is 16.6. The van der Waals surface area contributed by atoms with E-state index < -0.39 is 4.92 Å². The largest absolute Gasteiger partial charge is 0.436 e. The smallest absolute Gasteiger partial charge is 0.269 e. The molecule has 0 spiro atoms. The molecule has 0 N–H and O–H groups in total. The number of rotatable bonds is 5. The molecule has 0 aliphatic rings. The molecular formula is C26H23N3O3. The lowest BCUT2D eigenvalue weighted by molar-refractivity contribution is -0.384. The van der Waals surface area contributed by atoms with Gasteiger partial charge in [-0.3, -0.25) is 15.1 Å². The van der Waals surface area contributed by atoms with Crippen LogP contribution in [0.25, 0.3) is 28.6 Å². The minimum Gasteiger partial charge on any atom is -0.436 e. The Morgan fingerprint density at radius 1 is 1.00 bits per heavy atom. The first-order valence-electron chi connectivity index (χ1n) is 10.3. The van der Waals surface area contributed by atoms with Crippen LogP contribution in [0, 0.1) is 10.1 Å². The van der Waals surface area contributed by atoms with Gasteiger partial charge in [0.25, 0.3) is 5.69 Å². The summed E-state index contributed by atoms with van der Waals surface area (Å²) in [6, 6.07) is 20.2. The van der Waals surface area contributed by atoms with Gasteiger partial charge in [0.15, 0.2) is 5.58 Å². The minimum absolute atomic E-state index is 0.0554. The van der Waals surface area contributed by atoms with E-state index in [0.717, 1.165) is 27.9 Å². The van der Waals surface area contributed by atoms with E-state index >= 15 is 0 Å². The van der Waals surface area contributed by atoms with E-state index in [-0.39, 0.29) is 11.1 Å². The van der Waals surface area contributed by atoms with E-state index in [1.807, 2.05) is 36.4 Å². The summed E-state index contributed by atoms with van der Waals surface area (Å²) in [6.45, 7) is 6.53. The van der Waals surface area contributed by atoms with Gasteiger partial charge in [-0.2, -0.15) is 0 Å². The number of aromatic nitrogens is 1. The number of allylic oxidation sites excluding steroid dienone is 1. The fourth-order valence-corrected chi connectivity index (χ4v) is 3.20. The number of oxazole rings is 1. The number of hydrogen-bond acceptors (Lipinski definition) is 5. The van der Waals surface area contributed by atoms with E-state index in [2.05, 4.69) is 42.9 Å². The third-order valence-corrected chi connectivity index (χ3v) is 5.07. The normalized spacial score (nSPS) is 12.2. The summed E-state index contributed by atoms with van der Waals surface area (Å²) in [5, 5.41) is 10.7. The molecule has 0 fully saturated rings. The molecule has 3 aromatic carbocycles. The number of non-ortho nitro benzene ring substituents is 1. The zero-order valence-corrected chi connectivity index (χ0v) is 18.1. The van der Waals surface area contributed by atoms with Crippen LogP contribution < -0.4 is 0 Å². The standard InChI is InChI=1S/C26H23N3O3/c1-26(2,3)20-10-15-24-23(17-20)28-25(32-24)19-8-11-21(12-9-19)27-16-4-5-18-6-13-22(14-7-18)29(30)31/h4-17H,1-3H3. The van der Waals surface area contributed by atoms with Crippen LogP contribution in [-0.2, 0) is 5.41 Å². The zero-order chi connectivity index (χ0) is 22.7. The van der Waals surface area contributed by atoms with E-state index in [1.165, 1.54) is 17.7 Å². The maximum atomic E-state index is 10.7. The van der Waals surface area contributed by atoms with Gasteiger partial charge in [0.1, 0.15) is 5.52 Å². The highest BCUT2D eigenvalue weighted by Gasteiger charge is 2.16. The Labute approximate surface area is 186 Å². The number of nitro benzene ring substituents is 1. The van der Waals surface area contributed by atoms with Crippen molar-refractivity contribution in [3.8, 4) is 11.5 Å². The van der Waals surface area contributed by atoms with Crippen molar-refractivity contribution >= 4 is 34.8 Å². The lowest BCUT2D eigenvalue weighted by atomic mass is 9.87. The molecule has 6 heteroatoms. The molecule has 0 bridgehead atoms. The summed E-state index contributed by atoms with van der Waals surface area (Å²) in [6.07, 6.45) is 5.32. The molecule has 0 atom stereocenters. The summed E-state index contributed by atoms with van der Waals surface area (Å²) in [7, 11) is 0. The monoisotopic (exact) mass is 425 g/mol. The van der Waals surface area contributed by atoms with Crippen LogP contribution in [0.4, 0.5) is 11.4 Å². The van der Waals surface area contributed by atoms with Crippen LogP contribution in [0.2, 0.25) is 0 Å². The fraction of sp³-hybridized carbons (Fsp3) is 0.154. The highest BCUT2D eigenvalue weighted by Crippen LogP contribution is 2.30. The number of nitro groups is 1. The molecule has 4 aromatic rings. The van der Waals surface area contributed by atoms with Crippen molar-refractivity contribution in [2.75, 3.05) is 0 Å². The molecule has 0 amide bonds. The molecule has 0 unspecified atom stereocenters. The van der Waals surface area contributed by atoms with Gasteiger partial charge in [-0.1, -0.05) is 32.9 Å². The van der Waals surface area contributed by atoms with E-state index in [1.54, 1.807) is 24.4 Å². The van der Waals surface area contributed by atoms with Crippen molar-refractivity contribution in [2.24, 2.45) is 4.99 Å². The Balaban J connectivity index is 1.45. The maximum absolute atomic E-state index is 10.7. The second-order valence-electron chi connectivity index (χ2n) is 8.48.